The molecule has 1 aromatic heterocycles. The number of halogens is 1. The molecule has 76 valence electrons. The van der Waals surface area contributed by atoms with Crippen molar-refractivity contribution in [2.75, 3.05) is 7.11 Å². The van der Waals surface area contributed by atoms with E-state index in [1.54, 1.807) is 6.92 Å². The molecule has 0 aromatic carbocycles. The lowest BCUT2D eigenvalue weighted by Gasteiger charge is -2.10. The number of rotatable bonds is 2. The van der Waals surface area contributed by atoms with Crippen molar-refractivity contribution in [1.29, 1.82) is 0 Å². The minimum absolute atomic E-state index is 0.245. The van der Waals surface area contributed by atoms with Crippen LogP contribution in [0.4, 0.5) is 0 Å². The summed E-state index contributed by atoms with van der Waals surface area (Å²) in [6, 6.07) is 1.17. The van der Waals surface area contributed by atoms with E-state index in [2.05, 4.69) is 9.72 Å². The van der Waals surface area contributed by atoms with Crippen LogP contribution in [0.1, 0.15) is 28.9 Å². The van der Waals surface area contributed by atoms with Gasteiger partial charge in [0, 0.05) is 17.8 Å². The molecule has 14 heavy (non-hydrogen) atoms. The van der Waals surface area contributed by atoms with Gasteiger partial charge >= 0.3 is 5.97 Å². The Morgan fingerprint density at radius 1 is 1.71 bits per heavy atom. The molecule has 2 N–H and O–H groups in total. The summed E-state index contributed by atoms with van der Waals surface area (Å²) in [6.07, 6.45) is 1.49. The number of ether oxygens (including phenoxy) is 1. The maximum absolute atomic E-state index is 11.3. The highest BCUT2D eigenvalue weighted by molar-refractivity contribution is 6.29. The fourth-order valence-electron chi connectivity index (χ4n) is 1.09. The zero-order valence-corrected chi connectivity index (χ0v) is 8.71. The van der Waals surface area contributed by atoms with Gasteiger partial charge in [-0.25, -0.2) is 9.78 Å². The van der Waals surface area contributed by atoms with Crippen LogP contribution in [0.25, 0.3) is 0 Å². The van der Waals surface area contributed by atoms with Crippen molar-refractivity contribution in [2.24, 2.45) is 5.73 Å². The van der Waals surface area contributed by atoms with E-state index >= 15 is 0 Å². The highest BCUT2D eigenvalue weighted by Crippen LogP contribution is 2.18. The average molecular weight is 215 g/mol. The molecule has 0 spiro atoms. The summed E-state index contributed by atoms with van der Waals surface area (Å²) >= 11 is 5.66. The van der Waals surface area contributed by atoms with E-state index in [-0.39, 0.29) is 11.2 Å². The predicted molar refractivity (Wildman–Crippen MR) is 53.2 cm³/mol. The predicted octanol–water partition coefficient (Wildman–Crippen LogP) is 1.54. The molecule has 0 unspecified atom stereocenters. The zero-order valence-electron chi connectivity index (χ0n) is 7.95. The summed E-state index contributed by atoms with van der Waals surface area (Å²) in [6.45, 7) is 1.76. The Bertz CT molecular complexity index is 353. The molecule has 1 atom stereocenters. The van der Waals surface area contributed by atoms with Gasteiger partial charge in [0.25, 0.3) is 0 Å². The molecule has 0 bridgehead atoms. The molecular weight excluding hydrogens is 204 g/mol. The summed E-state index contributed by atoms with van der Waals surface area (Å²) in [4.78, 5) is 15.2. The van der Waals surface area contributed by atoms with Gasteiger partial charge in [-0.1, -0.05) is 11.6 Å². The summed E-state index contributed by atoms with van der Waals surface area (Å²) in [5.74, 6) is -0.457. The number of carbonyl (C=O) groups excluding carboxylic acids is 1. The Hall–Kier alpha value is -1.13. The van der Waals surface area contributed by atoms with Gasteiger partial charge in [0.2, 0.25) is 0 Å². The van der Waals surface area contributed by atoms with Crippen molar-refractivity contribution in [3.63, 3.8) is 0 Å². The number of esters is 1. The monoisotopic (exact) mass is 214 g/mol. The number of nitrogens with two attached hydrogens (primary N) is 1. The number of methoxy groups -OCH3 is 1. The van der Waals surface area contributed by atoms with E-state index in [0.717, 1.165) is 0 Å². The van der Waals surface area contributed by atoms with Crippen LogP contribution in [-0.2, 0) is 4.74 Å². The Kier molecular flexibility index (Phi) is 3.43. The Morgan fingerprint density at radius 3 is 2.86 bits per heavy atom. The molecular formula is C9H11ClN2O2. The molecule has 1 aromatic rings. The van der Waals surface area contributed by atoms with Gasteiger partial charge in [-0.05, 0) is 13.0 Å². The first-order valence-corrected chi connectivity index (χ1v) is 4.43. The minimum Gasteiger partial charge on any atom is -0.465 e. The first kappa shape index (κ1) is 10.9. The van der Waals surface area contributed by atoms with Gasteiger partial charge in [-0.15, -0.1) is 0 Å². The second-order valence-electron chi connectivity index (χ2n) is 2.87. The van der Waals surface area contributed by atoms with Crippen molar-refractivity contribution in [2.45, 2.75) is 13.0 Å². The van der Waals surface area contributed by atoms with Gasteiger partial charge in [0.05, 0.1) is 12.7 Å². The van der Waals surface area contributed by atoms with Crippen LogP contribution in [0.3, 0.4) is 0 Å². The van der Waals surface area contributed by atoms with Gasteiger partial charge in [0.1, 0.15) is 5.15 Å². The highest BCUT2D eigenvalue weighted by atomic mass is 35.5. The van der Waals surface area contributed by atoms with Crippen LogP contribution in [0.2, 0.25) is 5.15 Å². The molecule has 1 rings (SSSR count). The number of hydrogen-bond donors (Lipinski definition) is 1. The van der Waals surface area contributed by atoms with Crippen LogP contribution in [0, 0.1) is 0 Å². The van der Waals surface area contributed by atoms with E-state index in [9.17, 15) is 4.79 Å². The number of carbonyl (C=O) groups is 1. The number of pyridine rings is 1. The Balaban J connectivity index is 3.22. The molecule has 0 aliphatic carbocycles. The lowest BCUT2D eigenvalue weighted by Crippen LogP contribution is -2.13. The summed E-state index contributed by atoms with van der Waals surface area (Å²) < 4.78 is 4.60. The standard InChI is InChI=1S/C9H11ClN2O2/c1-5(11)7-4-12-8(10)3-6(7)9(13)14-2/h3-5H,11H2,1-2H3/t5-/m1/s1. The average Bonchev–Trinajstić information content (AvgIpc) is 2.16. The van der Waals surface area contributed by atoms with Crippen molar-refractivity contribution in [3.05, 3.63) is 28.5 Å². The molecule has 0 radical (unpaired) electrons. The minimum atomic E-state index is -0.457. The van der Waals surface area contributed by atoms with Gasteiger partial charge in [0.15, 0.2) is 0 Å². The quantitative estimate of drug-likeness (QED) is 0.599. The fraction of sp³-hybridized carbons (Fsp3) is 0.333. The van der Waals surface area contributed by atoms with Crippen molar-refractivity contribution >= 4 is 17.6 Å². The maximum atomic E-state index is 11.3. The molecule has 0 aliphatic rings. The maximum Gasteiger partial charge on any atom is 0.338 e. The van der Waals surface area contributed by atoms with Gasteiger partial charge in [-0.2, -0.15) is 0 Å². The second-order valence-corrected chi connectivity index (χ2v) is 3.26. The number of hydrogen-bond acceptors (Lipinski definition) is 4. The van der Waals surface area contributed by atoms with E-state index in [0.29, 0.717) is 11.1 Å². The number of nitrogens with zero attached hydrogens (tertiary/aromatic N) is 1. The van der Waals surface area contributed by atoms with Crippen LogP contribution < -0.4 is 5.73 Å². The number of aromatic nitrogens is 1. The third-order valence-electron chi connectivity index (χ3n) is 1.80. The molecule has 4 nitrogen and oxygen atoms in total. The van der Waals surface area contributed by atoms with E-state index in [1.165, 1.54) is 19.4 Å². The first-order valence-electron chi connectivity index (χ1n) is 4.05. The van der Waals surface area contributed by atoms with E-state index in [1.807, 2.05) is 0 Å². The lowest BCUT2D eigenvalue weighted by molar-refractivity contribution is 0.0599. The fourth-order valence-corrected chi connectivity index (χ4v) is 1.25. The normalized spacial score (nSPS) is 12.3. The molecule has 0 fully saturated rings. The van der Waals surface area contributed by atoms with Crippen molar-refractivity contribution in [1.82, 2.24) is 4.98 Å². The third-order valence-corrected chi connectivity index (χ3v) is 2.00. The lowest BCUT2D eigenvalue weighted by atomic mass is 10.1. The molecule has 5 heteroatoms. The third kappa shape index (κ3) is 2.21. The Morgan fingerprint density at radius 2 is 2.36 bits per heavy atom. The zero-order chi connectivity index (χ0) is 10.7. The van der Waals surface area contributed by atoms with Crippen LogP contribution in [0.5, 0.6) is 0 Å². The molecule has 1 heterocycles. The second kappa shape index (κ2) is 4.39. The highest BCUT2D eigenvalue weighted by Gasteiger charge is 2.15. The molecule has 0 aliphatic heterocycles. The summed E-state index contributed by atoms with van der Waals surface area (Å²) in [5.41, 5.74) is 6.66. The molecule has 0 amide bonds. The summed E-state index contributed by atoms with van der Waals surface area (Å²) in [5, 5.41) is 0.245. The first-order chi connectivity index (χ1) is 6.56. The molecule has 0 saturated carbocycles. The van der Waals surface area contributed by atoms with Crippen LogP contribution in [0.15, 0.2) is 12.3 Å². The van der Waals surface area contributed by atoms with E-state index in [4.69, 9.17) is 17.3 Å². The Labute approximate surface area is 87.0 Å². The molecule has 0 saturated heterocycles. The van der Waals surface area contributed by atoms with Crippen molar-refractivity contribution in [3.8, 4) is 0 Å². The smallest absolute Gasteiger partial charge is 0.338 e. The van der Waals surface area contributed by atoms with Crippen molar-refractivity contribution < 1.29 is 9.53 Å². The van der Waals surface area contributed by atoms with E-state index < -0.39 is 5.97 Å². The SMILES string of the molecule is COC(=O)c1cc(Cl)ncc1[C@@H](C)N. The van der Waals surface area contributed by atoms with Crippen LogP contribution in [-0.4, -0.2) is 18.1 Å². The summed E-state index contributed by atoms with van der Waals surface area (Å²) in [7, 11) is 1.31. The van der Waals surface area contributed by atoms with Crippen LogP contribution >= 0.6 is 11.6 Å². The van der Waals surface area contributed by atoms with Gasteiger partial charge < -0.3 is 10.5 Å². The topological polar surface area (TPSA) is 65.2 Å². The largest absolute Gasteiger partial charge is 0.465 e. The van der Waals surface area contributed by atoms with Gasteiger partial charge in [-0.3, -0.25) is 0 Å².